The van der Waals surface area contributed by atoms with Gasteiger partial charge in [-0.25, -0.2) is 0 Å². The van der Waals surface area contributed by atoms with Crippen molar-refractivity contribution in [1.29, 1.82) is 0 Å². The highest BCUT2D eigenvalue weighted by atomic mass is 16.5. The first-order valence-electron chi connectivity index (χ1n) is 6.30. The molecule has 0 aliphatic rings. The molecule has 0 aromatic heterocycles. The van der Waals surface area contributed by atoms with Crippen LogP contribution in [-0.2, 0) is 6.54 Å². The predicted molar refractivity (Wildman–Crippen MR) is 72.5 cm³/mol. The van der Waals surface area contributed by atoms with E-state index in [9.17, 15) is 0 Å². The van der Waals surface area contributed by atoms with Crippen LogP contribution in [-0.4, -0.2) is 38.7 Å². The van der Waals surface area contributed by atoms with Crippen molar-refractivity contribution in [2.45, 2.75) is 19.9 Å². The molecule has 0 bridgehead atoms. The van der Waals surface area contributed by atoms with Gasteiger partial charge in [0.25, 0.3) is 0 Å². The van der Waals surface area contributed by atoms with E-state index in [1.54, 1.807) is 0 Å². The third-order valence-electron chi connectivity index (χ3n) is 2.55. The third-order valence-corrected chi connectivity index (χ3v) is 2.55. The van der Waals surface area contributed by atoms with Crippen molar-refractivity contribution < 1.29 is 4.74 Å². The zero-order valence-electron chi connectivity index (χ0n) is 11.2. The molecule has 0 saturated carbocycles. The smallest absolute Gasteiger partial charge is 0.123 e. The summed E-state index contributed by atoms with van der Waals surface area (Å²) in [6.45, 7) is 5.78. The Bertz CT molecular complexity index is 313. The standard InChI is InChI=1S/C14H24N2O/c1-4-17-14-9-6-5-8-13(14)12-15-10-7-11-16(2)3/h5-6,8-9,15H,4,7,10-12H2,1-3H3. The van der Waals surface area contributed by atoms with E-state index in [4.69, 9.17) is 4.74 Å². The zero-order chi connectivity index (χ0) is 12.5. The van der Waals surface area contributed by atoms with E-state index >= 15 is 0 Å². The summed E-state index contributed by atoms with van der Waals surface area (Å²) in [5.74, 6) is 0.995. The molecule has 3 heteroatoms. The minimum atomic E-state index is 0.720. The van der Waals surface area contributed by atoms with Crippen LogP contribution in [0, 0.1) is 0 Å². The van der Waals surface area contributed by atoms with Gasteiger partial charge in [0.05, 0.1) is 6.61 Å². The van der Waals surface area contributed by atoms with Gasteiger partial charge >= 0.3 is 0 Å². The Morgan fingerprint density at radius 3 is 2.71 bits per heavy atom. The molecular weight excluding hydrogens is 212 g/mol. The lowest BCUT2D eigenvalue weighted by Crippen LogP contribution is -2.21. The van der Waals surface area contributed by atoms with Crippen LogP contribution in [0.3, 0.4) is 0 Å². The largest absolute Gasteiger partial charge is 0.494 e. The molecule has 3 nitrogen and oxygen atoms in total. The van der Waals surface area contributed by atoms with Crippen molar-refractivity contribution in [3.05, 3.63) is 29.8 Å². The van der Waals surface area contributed by atoms with Crippen molar-refractivity contribution in [2.75, 3.05) is 33.8 Å². The van der Waals surface area contributed by atoms with Crippen molar-refractivity contribution in [1.82, 2.24) is 10.2 Å². The van der Waals surface area contributed by atoms with Crippen LogP contribution < -0.4 is 10.1 Å². The quantitative estimate of drug-likeness (QED) is 0.700. The summed E-state index contributed by atoms with van der Waals surface area (Å²) in [4.78, 5) is 2.20. The Kier molecular flexibility index (Phi) is 6.67. The maximum atomic E-state index is 5.58. The summed E-state index contributed by atoms with van der Waals surface area (Å²) in [6.07, 6.45) is 1.17. The summed E-state index contributed by atoms with van der Waals surface area (Å²) in [5.41, 5.74) is 1.24. The summed E-state index contributed by atoms with van der Waals surface area (Å²) in [7, 11) is 4.20. The van der Waals surface area contributed by atoms with Gasteiger partial charge in [-0.2, -0.15) is 0 Å². The summed E-state index contributed by atoms with van der Waals surface area (Å²) < 4.78 is 5.58. The van der Waals surface area contributed by atoms with Crippen molar-refractivity contribution in [3.8, 4) is 5.75 Å². The average Bonchev–Trinajstić information content (AvgIpc) is 2.31. The molecule has 0 spiro atoms. The van der Waals surface area contributed by atoms with Crippen LogP contribution in [0.2, 0.25) is 0 Å². The Hall–Kier alpha value is -1.06. The van der Waals surface area contributed by atoms with E-state index in [1.807, 2.05) is 19.1 Å². The maximum absolute atomic E-state index is 5.58. The third kappa shape index (κ3) is 5.71. The lowest BCUT2D eigenvalue weighted by Gasteiger charge is -2.12. The molecule has 0 heterocycles. The molecule has 0 fully saturated rings. The van der Waals surface area contributed by atoms with Gasteiger partial charge in [0, 0.05) is 12.1 Å². The topological polar surface area (TPSA) is 24.5 Å². The lowest BCUT2D eigenvalue weighted by molar-refractivity contribution is 0.335. The zero-order valence-corrected chi connectivity index (χ0v) is 11.2. The molecule has 1 N–H and O–H groups in total. The Labute approximate surface area is 105 Å². The van der Waals surface area contributed by atoms with E-state index in [0.717, 1.165) is 32.0 Å². The van der Waals surface area contributed by atoms with Gasteiger partial charge < -0.3 is 15.0 Å². The molecule has 0 amide bonds. The molecule has 0 atom stereocenters. The van der Waals surface area contributed by atoms with E-state index in [0.29, 0.717) is 0 Å². The molecule has 0 unspecified atom stereocenters. The van der Waals surface area contributed by atoms with Gasteiger partial charge in [-0.15, -0.1) is 0 Å². The number of hydrogen-bond donors (Lipinski definition) is 1. The predicted octanol–water partition coefficient (Wildman–Crippen LogP) is 2.13. The fourth-order valence-electron chi connectivity index (χ4n) is 1.69. The lowest BCUT2D eigenvalue weighted by atomic mass is 10.2. The molecule has 0 aliphatic heterocycles. The Morgan fingerprint density at radius 1 is 1.24 bits per heavy atom. The van der Waals surface area contributed by atoms with Crippen LogP contribution in [0.25, 0.3) is 0 Å². The molecular formula is C14H24N2O. The summed E-state index contributed by atoms with van der Waals surface area (Å²) in [6, 6.07) is 8.21. The highest BCUT2D eigenvalue weighted by Gasteiger charge is 2.01. The first kappa shape index (κ1) is 14.0. The first-order chi connectivity index (χ1) is 8.24. The molecule has 0 aliphatic carbocycles. The number of rotatable bonds is 8. The van der Waals surface area contributed by atoms with Crippen LogP contribution in [0.5, 0.6) is 5.75 Å². The minimum Gasteiger partial charge on any atom is -0.494 e. The van der Waals surface area contributed by atoms with Gasteiger partial charge in [-0.1, -0.05) is 18.2 Å². The van der Waals surface area contributed by atoms with Crippen LogP contribution >= 0.6 is 0 Å². The highest BCUT2D eigenvalue weighted by Crippen LogP contribution is 2.17. The fourth-order valence-corrected chi connectivity index (χ4v) is 1.69. The summed E-state index contributed by atoms with van der Waals surface area (Å²) in [5, 5.41) is 3.45. The Balaban J connectivity index is 2.30. The van der Waals surface area contributed by atoms with Crippen molar-refractivity contribution in [2.24, 2.45) is 0 Å². The van der Waals surface area contributed by atoms with Crippen molar-refractivity contribution in [3.63, 3.8) is 0 Å². The van der Waals surface area contributed by atoms with Crippen LogP contribution in [0.1, 0.15) is 18.9 Å². The van der Waals surface area contributed by atoms with Gasteiger partial charge in [0.15, 0.2) is 0 Å². The first-order valence-corrected chi connectivity index (χ1v) is 6.30. The Morgan fingerprint density at radius 2 is 2.00 bits per heavy atom. The monoisotopic (exact) mass is 236 g/mol. The molecule has 17 heavy (non-hydrogen) atoms. The molecule has 1 aromatic carbocycles. The minimum absolute atomic E-state index is 0.720. The average molecular weight is 236 g/mol. The molecule has 0 radical (unpaired) electrons. The number of para-hydroxylation sites is 1. The van der Waals surface area contributed by atoms with Crippen molar-refractivity contribution >= 4 is 0 Å². The van der Waals surface area contributed by atoms with E-state index in [2.05, 4.69) is 36.4 Å². The van der Waals surface area contributed by atoms with Gasteiger partial charge in [-0.3, -0.25) is 0 Å². The molecule has 96 valence electrons. The van der Waals surface area contributed by atoms with E-state index < -0.39 is 0 Å². The second-order valence-corrected chi connectivity index (χ2v) is 4.37. The van der Waals surface area contributed by atoms with E-state index in [-0.39, 0.29) is 0 Å². The molecule has 1 rings (SSSR count). The second kappa shape index (κ2) is 8.09. The maximum Gasteiger partial charge on any atom is 0.123 e. The SMILES string of the molecule is CCOc1ccccc1CNCCCN(C)C. The normalized spacial score (nSPS) is 10.8. The highest BCUT2D eigenvalue weighted by molar-refractivity contribution is 5.33. The number of hydrogen-bond acceptors (Lipinski definition) is 3. The summed E-state index contributed by atoms with van der Waals surface area (Å²) >= 11 is 0. The van der Waals surface area contributed by atoms with Gasteiger partial charge in [0.1, 0.15) is 5.75 Å². The van der Waals surface area contributed by atoms with Crippen LogP contribution in [0.4, 0.5) is 0 Å². The van der Waals surface area contributed by atoms with Gasteiger partial charge in [-0.05, 0) is 46.6 Å². The number of ether oxygens (including phenoxy) is 1. The molecule has 1 aromatic rings. The number of nitrogens with one attached hydrogen (secondary N) is 1. The van der Waals surface area contributed by atoms with Crippen LogP contribution in [0.15, 0.2) is 24.3 Å². The molecule has 0 saturated heterocycles. The second-order valence-electron chi connectivity index (χ2n) is 4.37. The van der Waals surface area contributed by atoms with E-state index in [1.165, 1.54) is 12.0 Å². The number of nitrogens with zero attached hydrogens (tertiary/aromatic N) is 1. The fraction of sp³-hybridized carbons (Fsp3) is 0.571. The number of benzene rings is 1. The van der Waals surface area contributed by atoms with Gasteiger partial charge in [0.2, 0.25) is 0 Å².